The smallest absolute Gasteiger partial charge is 0.239 e. The fraction of sp³-hybridized carbons (Fsp3) is 0.611. The lowest BCUT2D eigenvalue weighted by Crippen LogP contribution is -2.44. The van der Waals surface area contributed by atoms with Crippen molar-refractivity contribution in [1.29, 1.82) is 0 Å². The molecular formula is C18H29N3O. The summed E-state index contributed by atoms with van der Waals surface area (Å²) in [6.45, 7) is 13.0. The number of nitrogens with one attached hydrogen (secondary N) is 3. The summed E-state index contributed by atoms with van der Waals surface area (Å²) in [6.07, 6.45) is 2.04. The number of carbonyl (C=O) groups is 1. The maximum atomic E-state index is 12.1. The summed E-state index contributed by atoms with van der Waals surface area (Å²) in [5.74, 6) is 0.0848. The molecule has 1 aromatic rings. The van der Waals surface area contributed by atoms with Crippen molar-refractivity contribution in [3.63, 3.8) is 0 Å². The molecule has 3 N–H and O–H groups in total. The summed E-state index contributed by atoms with van der Waals surface area (Å²) in [5.41, 5.74) is 7.57. The van der Waals surface area contributed by atoms with E-state index in [1.807, 2.05) is 0 Å². The van der Waals surface area contributed by atoms with E-state index >= 15 is 0 Å². The lowest BCUT2D eigenvalue weighted by atomic mass is 9.93. The molecule has 1 aromatic carbocycles. The minimum absolute atomic E-state index is 0.0848. The number of hydrogen-bond acceptors (Lipinski definition) is 3. The molecule has 4 nitrogen and oxygen atoms in total. The molecule has 1 amide bonds. The van der Waals surface area contributed by atoms with E-state index in [1.54, 1.807) is 0 Å². The van der Waals surface area contributed by atoms with Gasteiger partial charge < -0.3 is 16.0 Å². The van der Waals surface area contributed by atoms with E-state index in [1.165, 1.54) is 27.8 Å². The van der Waals surface area contributed by atoms with Crippen LogP contribution in [0.4, 0.5) is 5.69 Å². The molecule has 0 aromatic heterocycles. The van der Waals surface area contributed by atoms with E-state index in [2.05, 4.69) is 50.6 Å². The number of benzene rings is 1. The normalized spacial score (nSPS) is 15.7. The first-order valence-electron chi connectivity index (χ1n) is 8.22. The van der Waals surface area contributed by atoms with Gasteiger partial charge in [-0.3, -0.25) is 4.79 Å². The summed E-state index contributed by atoms with van der Waals surface area (Å²) in [5, 5.41) is 9.79. The lowest BCUT2D eigenvalue weighted by molar-refractivity contribution is -0.120. The quantitative estimate of drug-likeness (QED) is 0.801. The van der Waals surface area contributed by atoms with Crippen LogP contribution in [0.1, 0.15) is 40.7 Å². The molecule has 0 atom stereocenters. The molecule has 0 saturated carbocycles. The number of anilines is 1. The molecule has 1 aliphatic heterocycles. The van der Waals surface area contributed by atoms with Crippen molar-refractivity contribution in [3.8, 4) is 0 Å². The third-order valence-corrected chi connectivity index (χ3v) is 5.13. The number of amides is 1. The van der Waals surface area contributed by atoms with Crippen LogP contribution in [0.3, 0.4) is 0 Å². The topological polar surface area (TPSA) is 53.2 Å². The van der Waals surface area contributed by atoms with Crippen LogP contribution in [-0.2, 0) is 4.79 Å². The average Bonchev–Trinajstić information content (AvgIpc) is 2.52. The van der Waals surface area contributed by atoms with Gasteiger partial charge in [-0.05, 0) is 88.4 Å². The van der Waals surface area contributed by atoms with Crippen LogP contribution in [0, 0.1) is 34.6 Å². The summed E-state index contributed by atoms with van der Waals surface area (Å²) >= 11 is 0. The van der Waals surface area contributed by atoms with Crippen molar-refractivity contribution >= 4 is 11.6 Å². The van der Waals surface area contributed by atoms with Gasteiger partial charge >= 0.3 is 0 Å². The first kappa shape index (κ1) is 16.8. The molecule has 1 heterocycles. The summed E-state index contributed by atoms with van der Waals surface area (Å²) in [6, 6.07) is 0.319. The average molecular weight is 303 g/mol. The zero-order valence-corrected chi connectivity index (χ0v) is 14.5. The number of carbonyl (C=O) groups excluding carboxylic acids is 1. The van der Waals surface area contributed by atoms with Crippen molar-refractivity contribution in [3.05, 3.63) is 27.8 Å². The maximum absolute atomic E-state index is 12.1. The Morgan fingerprint density at radius 2 is 1.45 bits per heavy atom. The van der Waals surface area contributed by atoms with Gasteiger partial charge in [0, 0.05) is 11.7 Å². The predicted octanol–water partition coefficient (Wildman–Crippen LogP) is 2.51. The predicted molar refractivity (Wildman–Crippen MR) is 92.7 cm³/mol. The highest BCUT2D eigenvalue weighted by atomic mass is 16.1. The van der Waals surface area contributed by atoms with E-state index in [-0.39, 0.29) is 5.91 Å². The molecule has 0 bridgehead atoms. The molecule has 1 saturated heterocycles. The molecule has 2 rings (SSSR count). The van der Waals surface area contributed by atoms with Crippen molar-refractivity contribution in [2.24, 2.45) is 0 Å². The largest absolute Gasteiger partial charge is 0.376 e. The van der Waals surface area contributed by atoms with Gasteiger partial charge in [0.25, 0.3) is 0 Å². The Kier molecular flexibility index (Phi) is 5.46. The Bertz CT molecular complexity index is 531. The molecule has 0 radical (unpaired) electrons. The molecular weight excluding hydrogens is 274 g/mol. The van der Waals surface area contributed by atoms with Crippen LogP contribution in [0.25, 0.3) is 0 Å². The van der Waals surface area contributed by atoms with E-state index in [9.17, 15) is 4.79 Å². The zero-order valence-electron chi connectivity index (χ0n) is 14.5. The molecule has 0 aliphatic carbocycles. The summed E-state index contributed by atoms with van der Waals surface area (Å²) < 4.78 is 0. The first-order valence-corrected chi connectivity index (χ1v) is 8.22. The number of piperidine rings is 1. The van der Waals surface area contributed by atoms with Crippen LogP contribution in [0.5, 0.6) is 0 Å². The molecule has 4 heteroatoms. The molecule has 1 fully saturated rings. The van der Waals surface area contributed by atoms with Gasteiger partial charge in [0.05, 0.1) is 6.54 Å². The minimum atomic E-state index is 0.0848. The number of rotatable bonds is 4. The van der Waals surface area contributed by atoms with Crippen molar-refractivity contribution < 1.29 is 4.79 Å². The Morgan fingerprint density at radius 3 is 2.00 bits per heavy atom. The standard InChI is InChI=1S/C18H29N3O/c1-11-12(2)14(4)18(15(5)13(11)3)20-10-17(22)21-16-6-8-19-9-7-16/h16,19-20H,6-10H2,1-5H3,(H,21,22). The van der Waals surface area contributed by atoms with Crippen molar-refractivity contribution in [2.45, 2.75) is 53.5 Å². The van der Waals surface area contributed by atoms with Gasteiger partial charge in [-0.1, -0.05) is 0 Å². The monoisotopic (exact) mass is 303 g/mol. The van der Waals surface area contributed by atoms with Gasteiger partial charge in [-0.25, -0.2) is 0 Å². The lowest BCUT2D eigenvalue weighted by Gasteiger charge is -2.24. The highest BCUT2D eigenvalue weighted by molar-refractivity contribution is 5.82. The van der Waals surface area contributed by atoms with E-state index in [0.29, 0.717) is 12.6 Å². The van der Waals surface area contributed by atoms with Crippen molar-refractivity contribution in [2.75, 3.05) is 25.0 Å². The SMILES string of the molecule is Cc1c(C)c(C)c(NCC(=O)NC2CCNCC2)c(C)c1C. The second kappa shape index (κ2) is 7.14. The number of hydrogen-bond donors (Lipinski definition) is 3. The van der Waals surface area contributed by atoms with E-state index < -0.39 is 0 Å². The van der Waals surface area contributed by atoms with Crippen molar-refractivity contribution in [1.82, 2.24) is 10.6 Å². The van der Waals surface area contributed by atoms with E-state index in [4.69, 9.17) is 0 Å². The molecule has 0 unspecified atom stereocenters. The highest BCUT2D eigenvalue weighted by Gasteiger charge is 2.16. The maximum Gasteiger partial charge on any atom is 0.239 e. The van der Waals surface area contributed by atoms with Crippen LogP contribution in [0.15, 0.2) is 0 Å². The Balaban J connectivity index is 2.00. The Labute approximate surface area is 134 Å². The minimum Gasteiger partial charge on any atom is -0.376 e. The molecule has 22 heavy (non-hydrogen) atoms. The van der Waals surface area contributed by atoms with Gasteiger partial charge in [0.15, 0.2) is 0 Å². The first-order chi connectivity index (χ1) is 10.4. The summed E-state index contributed by atoms with van der Waals surface area (Å²) in [7, 11) is 0. The van der Waals surface area contributed by atoms with Crippen LogP contribution in [0.2, 0.25) is 0 Å². The second-order valence-corrected chi connectivity index (χ2v) is 6.45. The molecule has 0 spiro atoms. The Hall–Kier alpha value is -1.55. The van der Waals surface area contributed by atoms with Gasteiger partial charge in [0.1, 0.15) is 0 Å². The third-order valence-electron chi connectivity index (χ3n) is 5.13. The van der Waals surface area contributed by atoms with Crippen LogP contribution < -0.4 is 16.0 Å². The molecule has 1 aliphatic rings. The molecule has 122 valence electrons. The third kappa shape index (κ3) is 3.61. The summed E-state index contributed by atoms with van der Waals surface area (Å²) in [4.78, 5) is 12.1. The Morgan fingerprint density at radius 1 is 0.955 bits per heavy atom. The van der Waals surface area contributed by atoms with Gasteiger partial charge in [-0.2, -0.15) is 0 Å². The highest BCUT2D eigenvalue weighted by Crippen LogP contribution is 2.29. The fourth-order valence-electron chi connectivity index (χ4n) is 3.18. The van der Waals surface area contributed by atoms with Crippen LogP contribution in [-0.4, -0.2) is 31.6 Å². The van der Waals surface area contributed by atoms with E-state index in [0.717, 1.165) is 31.6 Å². The zero-order chi connectivity index (χ0) is 16.3. The second-order valence-electron chi connectivity index (χ2n) is 6.45. The van der Waals surface area contributed by atoms with Gasteiger partial charge in [0.2, 0.25) is 5.91 Å². The van der Waals surface area contributed by atoms with Crippen LogP contribution >= 0.6 is 0 Å². The fourth-order valence-corrected chi connectivity index (χ4v) is 3.18. The van der Waals surface area contributed by atoms with Gasteiger partial charge in [-0.15, -0.1) is 0 Å².